The maximum absolute atomic E-state index is 13.9. The van der Waals surface area contributed by atoms with Gasteiger partial charge in [0.1, 0.15) is 17.9 Å². The van der Waals surface area contributed by atoms with Crippen LogP contribution in [-0.2, 0) is 9.53 Å². The van der Waals surface area contributed by atoms with Gasteiger partial charge in [-0.1, -0.05) is 49.6 Å². The van der Waals surface area contributed by atoms with Gasteiger partial charge in [-0.3, -0.25) is 4.79 Å². The van der Waals surface area contributed by atoms with Crippen molar-refractivity contribution >= 4 is 22.6 Å². The van der Waals surface area contributed by atoms with E-state index in [0.29, 0.717) is 23.1 Å². The molecule has 1 atom stereocenters. The Morgan fingerprint density at radius 1 is 0.861 bits per heavy atom. The van der Waals surface area contributed by atoms with Crippen LogP contribution in [0.4, 0.5) is 0 Å². The van der Waals surface area contributed by atoms with E-state index in [1.54, 1.807) is 6.07 Å². The molecule has 0 radical (unpaired) electrons. The van der Waals surface area contributed by atoms with Gasteiger partial charge in [-0.25, -0.2) is 4.79 Å². The predicted octanol–water partition coefficient (Wildman–Crippen LogP) is 6.52. The number of rotatable bonds is 5. The fourth-order valence-electron chi connectivity index (χ4n) is 8.41. The monoisotopic (exact) mass is 489 g/mol. The third kappa shape index (κ3) is 4.50. The maximum atomic E-state index is 13.9. The first-order chi connectivity index (χ1) is 17.5. The van der Waals surface area contributed by atoms with Crippen molar-refractivity contribution in [2.75, 3.05) is 0 Å². The van der Waals surface area contributed by atoms with Crippen LogP contribution in [-0.4, -0.2) is 29.1 Å². The molecule has 2 aromatic rings. The number of carbonyl (C=O) groups is 2. The van der Waals surface area contributed by atoms with Crippen molar-refractivity contribution in [3.8, 4) is 5.75 Å². The summed E-state index contributed by atoms with van der Waals surface area (Å²) < 4.78 is 6.20. The van der Waals surface area contributed by atoms with Crippen LogP contribution >= 0.6 is 0 Å². The van der Waals surface area contributed by atoms with E-state index < -0.39 is 6.04 Å². The number of phenolic OH excluding ortho intramolecular Hbond substituents is 1. The van der Waals surface area contributed by atoms with Gasteiger partial charge in [0.15, 0.2) is 0 Å². The molecule has 5 aliphatic carbocycles. The van der Waals surface area contributed by atoms with E-state index in [0.717, 1.165) is 50.3 Å². The van der Waals surface area contributed by atoms with Crippen molar-refractivity contribution in [3.63, 3.8) is 0 Å². The number of phenols is 1. The van der Waals surface area contributed by atoms with Crippen LogP contribution in [0.3, 0.4) is 0 Å². The number of hydrogen-bond acceptors (Lipinski definition) is 4. The largest absolute Gasteiger partial charge is 0.506 e. The van der Waals surface area contributed by atoms with Gasteiger partial charge in [0.05, 0.1) is 5.56 Å². The average Bonchev–Trinajstić information content (AvgIpc) is 2.83. The van der Waals surface area contributed by atoms with E-state index in [-0.39, 0.29) is 34.7 Å². The van der Waals surface area contributed by atoms with E-state index in [4.69, 9.17) is 4.74 Å². The molecule has 7 rings (SSSR count). The molecule has 5 nitrogen and oxygen atoms in total. The number of benzene rings is 2. The number of fused-ring (bicyclic) bond motifs is 1. The van der Waals surface area contributed by atoms with Gasteiger partial charge in [0, 0.05) is 10.8 Å². The lowest BCUT2D eigenvalue weighted by atomic mass is 9.47. The smallest absolute Gasteiger partial charge is 0.329 e. The molecule has 5 heteroatoms. The van der Waals surface area contributed by atoms with Crippen LogP contribution in [0.1, 0.15) is 93.8 Å². The lowest BCUT2D eigenvalue weighted by Crippen LogP contribution is -2.60. The second-order valence-electron chi connectivity index (χ2n) is 12.3. The first kappa shape index (κ1) is 23.8. The van der Waals surface area contributed by atoms with E-state index in [1.165, 1.54) is 38.5 Å². The topological polar surface area (TPSA) is 75.6 Å². The third-order valence-corrected chi connectivity index (χ3v) is 9.69. The fourth-order valence-corrected chi connectivity index (χ4v) is 8.41. The Bertz CT molecular complexity index is 1100. The van der Waals surface area contributed by atoms with Crippen molar-refractivity contribution in [2.45, 2.75) is 95.6 Å². The Morgan fingerprint density at radius 2 is 1.47 bits per heavy atom. The molecule has 36 heavy (non-hydrogen) atoms. The molecule has 192 valence electrons. The van der Waals surface area contributed by atoms with Gasteiger partial charge in [-0.05, 0) is 93.4 Å². The highest BCUT2D eigenvalue weighted by Crippen LogP contribution is 2.61. The summed E-state index contributed by atoms with van der Waals surface area (Å²) in [5.41, 5.74) is -0.00237. The molecule has 5 aliphatic rings. The van der Waals surface area contributed by atoms with Gasteiger partial charge in [-0.2, -0.15) is 0 Å². The maximum Gasteiger partial charge on any atom is 0.329 e. The molecule has 0 saturated heterocycles. The summed E-state index contributed by atoms with van der Waals surface area (Å²) in [5.74, 6) is 1.30. The summed E-state index contributed by atoms with van der Waals surface area (Å²) in [6, 6.07) is 10.4. The van der Waals surface area contributed by atoms with Crippen molar-refractivity contribution in [1.82, 2.24) is 5.32 Å². The Morgan fingerprint density at radius 3 is 2.14 bits per heavy atom. The second-order valence-corrected chi connectivity index (χ2v) is 12.3. The van der Waals surface area contributed by atoms with E-state index in [9.17, 15) is 14.7 Å². The second kappa shape index (κ2) is 9.72. The van der Waals surface area contributed by atoms with Crippen LogP contribution < -0.4 is 5.32 Å². The number of carbonyl (C=O) groups excluding carboxylic acids is 2. The Kier molecular flexibility index (Phi) is 6.43. The number of hydrogen-bond donors (Lipinski definition) is 2. The zero-order chi connectivity index (χ0) is 24.7. The summed E-state index contributed by atoms with van der Waals surface area (Å²) in [7, 11) is 0. The molecule has 0 aromatic heterocycles. The van der Waals surface area contributed by atoms with Crippen LogP contribution in [0.5, 0.6) is 5.75 Å². The standard InChI is InChI=1S/C31H39NO4/c33-27-25-11-7-6-8-23(25)12-13-26(27)29(34)32-28(30(35)36-24-9-4-2-1-3-5-10-24)31-17-20-14-21(18-31)16-22(15-20)19-31/h6-8,11-13,20-22,24,28,33H,1-5,9-10,14-19H2,(H,32,34)/t20?,21?,22?,28-,31?/m1/s1. The Labute approximate surface area is 214 Å². The number of ether oxygens (including phenoxy) is 1. The molecular formula is C31H39NO4. The molecule has 0 unspecified atom stereocenters. The molecule has 0 heterocycles. The molecule has 0 aliphatic heterocycles. The third-order valence-electron chi connectivity index (χ3n) is 9.69. The molecule has 1 amide bonds. The van der Waals surface area contributed by atoms with Crippen molar-refractivity contribution < 1.29 is 19.4 Å². The van der Waals surface area contributed by atoms with E-state index in [2.05, 4.69) is 5.32 Å². The first-order valence-electron chi connectivity index (χ1n) is 14.2. The average molecular weight is 490 g/mol. The molecule has 2 aromatic carbocycles. The van der Waals surface area contributed by atoms with E-state index in [1.807, 2.05) is 30.3 Å². The Hall–Kier alpha value is -2.56. The minimum Gasteiger partial charge on any atom is -0.506 e. The fraction of sp³-hybridized carbons (Fsp3) is 0.613. The van der Waals surface area contributed by atoms with Gasteiger partial charge < -0.3 is 15.2 Å². The van der Waals surface area contributed by atoms with Crippen molar-refractivity contribution in [1.29, 1.82) is 0 Å². The quantitative estimate of drug-likeness (QED) is 0.469. The van der Waals surface area contributed by atoms with Crippen molar-refractivity contribution in [2.24, 2.45) is 23.2 Å². The van der Waals surface area contributed by atoms with Gasteiger partial charge in [0.25, 0.3) is 5.91 Å². The molecule has 5 fully saturated rings. The van der Waals surface area contributed by atoms with Crippen LogP contribution in [0.15, 0.2) is 36.4 Å². The lowest BCUT2D eigenvalue weighted by molar-refractivity contribution is -0.163. The number of amides is 1. The summed E-state index contributed by atoms with van der Waals surface area (Å²) in [6.45, 7) is 0. The Balaban J connectivity index is 1.29. The number of aromatic hydroxyl groups is 1. The molecule has 0 spiro atoms. The SMILES string of the molecule is O=C(N[C@H](C(=O)OC1CCCCCCC1)C12CC3CC(CC(C3)C1)C2)c1ccc2ccccc2c1O. The van der Waals surface area contributed by atoms with E-state index >= 15 is 0 Å². The zero-order valence-electron chi connectivity index (χ0n) is 21.2. The summed E-state index contributed by atoms with van der Waals surface area (Å²) in [5, 5.41) is 15.6. The van der Waals surface area contributed by atoms with Gasteiger partial charge in [0.2, 0.25) is 0 Å². The highest BCUT2D eigenvalue weighted by atomic mass is 16.5. The normalized spacial score (nSPS) is 30.9. The summed E-state index contributed by atoms with van der Waals surface area (Å²) >= 11 is 0. The lowest BCUT2D eigenvalue weighted by Gasteiger charge is -2.58. The highest BCUT2D eigenvalue weighted by molar-refractivity contribution is 6.04. The molecule has 4 bridgehead atoms. The highest BCUT2D eigenvalue weighted by Gasteiger charge is 2.57. The summed E-state index contributed by atoms with van der Waals surface area (Å²) in [4.78, 5) is 27.5. The van der Waals surface area contributed by atoms with Gasteiger partial charge >= 0.3 is 5.97 Å². The first-order valence-corrected chi connectivity index (χ1v) is 14.2. The number of nitrogens with one attached hydrogen (secondary N) is 1. The zero-order valence-corrected chi connectivity index (χ0v) is 21.2. The minimum atomic E-state index is -0.658. The van der Waals surface area contributed by atoms with Crippen LogP contribution in [0.2, 0.25) is 0 Å². The minimum absolute atomic E-state index is 0.0248. The summed E-state index contributed by atoms with van der Waals surface area (Å²) in [6.07, 6.45) is 14.4. The number of esters is 1. The van der Waals surface area contributed by atoms with Gasteiger partial charge in [-0.15, -0.1) is 0 Å². The van der Waals surface area contributed by atoms with Crippen LogP contribution in [0, 0.1) is 23.2 Å². The molecular weight excluding hydrogens is 450 g/mol. The molecule has 2 N–H and O–H groups in total. The van der Waals surface area contributed by atoms with Crippen LogP contribution in [0.25, 0.3) is 10.8 Å². The van der Waals surface area contributed by atoms with Crippen molar-refractivity contribution in [3.05, 3.63) is 42.0 Å². The predicted molar refractivity (Wildman–Crippen MR) is 140 cm³/mol. The molecule has 5 saturated carbocycles.